The lowest BCUT2D eigenvalue weighted by molar-refractivity contribution is 0.714. The average Bonchev–Trinajstić information content (AvgIpc) is 3.68. The van der Waals surface area contributed by atoms with Crippen molar-refractivity contribution in [2.75, 3.05) is 4.90 Å². The molecule has 13 rings (SSSR count). The highest BCUT2D eigenvalue weighted by molar-refractivity contribution is 6.22. The van der Waals surface area contributed by atoms with Crippen LogP contribution in [-0.2, 0) is 5.41 Å². The first-order valence-electron chi connectivity index (χ1n) is 23.3. The molecule has 67 heavy (non-hydrogen) atoms. The minimum Gasteiger partial charge on any atom is -0.310 e. The van der Waals surface area contributed by atoms with Gasteiger partial charge in [0.05, 0.1) is 11.4 Å². The Morgan fingerprint density at radius 3 is 1.55 bits per heavy atom. The number of nitrogens with zero attached hydrogens (tertiary/aromatic N) is 1. The molecule has 0 saturated carbocycles. The fourth-order valence-electron chi connectivity index (χ4n) is 11.4. The number of rotatable bonds is 7. The van der Waals surface area contributed by atoms with E-state index in [0.29, 0.717) is 0 Å². The Morgan fingerprint density at radius 1 is 0.313 bits per heavy atom. The maximum absolute atomic E-state index is 2.54. The van der Waals surface area contributed by atoms with Gasteiger partial charge in [0.2, 0.25) is 0 Å². The van der Waals surface area contributed by atoms with Gasteiger partial charge in [0.15, 0.2) is 0 Å². The molecule has 1 unspecified atom stereocenters. The van der Waals surface area contributed by atoms with Crippen molar-refractivity contribution in [2.24, 2.45) is 0 Å². The van der Waals surface area contributed by atoms with Crippen LogP contribution in [0.15, 0.2) is 255 Å². The molecule has 12 aromatic rings. The summed E-state index contributed by atoms with van der Waals surface area (Å²) in [6, 6.07) is 94.2. The van der Waals surface area contributed by atoms with Crippen LogP contribution in [0.5, 0.6) is 0 Å². The largest absolute Gasteiger partial charge is 0.310 e. The molecule has 0 N–H and O–H groups in total. The Balaban J connectivity index is 1.04. The predicted molar refractivity (Wildman–Crippen MR) is 285 cm³/mol. The number of fused-ring (bicyclic) bond motifs is 9. The molecule has 0 saturated heterocycles. The van der Waals surface area contributed by atoms with E-state index >= 15 is 0 Å². The molecule has 0 heterocycles. The van der Waals surface area contributed by atoms with Crippen LogP contribution in [0, 0.1) is 0 Å². The SMILES string of the molecule is CC1(c2ccccc2)c2ccccc2-c2cccc(N(c3ccc(-c4ccc5c(c4)c(-c4ccccc4)c(-c4ccccc4)c4ccccc45)cc3)c3cc4ccccc4c4ccccc34)c21. The minimum absolute atomic E-state index is 0.404. The van der Waals surface area contributed by atoms with Crippen LogP contribution in [0.2, 0.25) is 0 Å². The average molecular weight is 852 g/mol. The van der Waals surface area contributed by atoms with Crippen LogP contribution in [0.3, 0.4) is 0 Å². The van der Waals surface area contributed by atoms with Gasteiger partial charge in [-0.05, 0) is 136 Å². The molecule has 0 aromatic heterocycles. The molecular formula is C66H45N. The van der Waals surface area contributed by atoms with Crippen molar-refractivity contribution < 1.29 is 0 Å². The summed E-state index contributed by atoms with van der Waals surface area (Å²) in [5.74, 6) is 0. The van der Waals surface area contributed by atoms with Gasteiger partial charge in [-0.2, -0.15) is 0 Å². The standard InChI is InChI=1S/C66H45N/c1-66(49-25-9-4-10-26-49)60-34-18-17-30-55(60)58-33-19-35-61(65(58)66)67(62-43-48-24-11-12-27-51(48)52-28-13-15-31-56(52)62)50-39-36-44(37-40-50)47-38-41-54-53-29-14-16-32-57(53)63(45-20-5-2-6-21-45)64(59(54)42-47)46-22-7-3-8-23-46/h2-43H,1H3. The van der Waals surface area contributed by atoms with E-state index in [1.54, 1.807) is 0 Å². The molecule has 1 aliphatic carbocycles. The summed E-state index contributed by atoms with van der Waals surface area (Å²) in [5.41, 5.74) is 16.8. The highest BCUT2D eigenvalue weighted by Crippen LogP contribution is 2.58. The summed E-state index contributed by atoms with van der Waals surface area (Å²) < 4.78 is 0. The Labute approximate surface area is 391 Å². The minimum atomic E-state index is -0.404. The summed E-state index contributed by atoms with van der Waals surface area (Å²) in [7, 11) is 0. The molecule has 0 aliphatic heterocycles. The van der Waals surface area contributed by atoms with Crippen LogP contribution in [-0.4, -0.2) is 0 Å². The van der Waals surface area contributed by atoms with Crippen LogP contribution in [0.25, 0.3) is 87.6 Å². The van der Waals surface area contributed by atoms with E-state index in [4.69, 9.17) is 0 Å². The number of hydrogen-bond donors (Lipinski definition) is 0. The topological polar surface area (TPSA) is 3.24 Å². The quantitative estimate of drug-likeness (QED) is 0.144. The molecule has 1 heteroatoms. The van der Waals surface area contributed by atoms with Gasteiger partial charge in [0.25, 0.3) is 0 Å². The molecule has 0 amide bonds. The Kier molecular flexibility index (Phi) is 9.05. The Morgan fingerprint density at radius 2 is 0.836 bits per heavy atom. The van der Waals surface area contributed by atoms with Crippen LogP contribution in [0.4, 0.5) is 17.1 Å². The van der Waals surface area contributed by atoms with Crippen LogP contribution in [0.1, 0.15) is 23.6 Å². The number of benzene rings is 12. The van der Waals surface area contributed by atoms with Gasteiger partial charge >= 0.3 is 0 Å². The summed E-state index contributed by atoms with van der Waals surface area (Å²) in [5, 5.41) is 9.95. The maximum atomic E-state index is 2.54. The third kappa shape index (κ3) is 6.09. The predicted octanol–water partition coefficient (Wildman–Crippen LogP) is 18.1. The summed E-state index contributed by atoms with van der Waals surface area (Å²) >= 11 is 0. The Bertz CT molecular complexity index is 3850. The molecule has 12 aromatic carbocycles. The molecule has 0 radical (unpaired) electrons. The van der Waals surface area contributed by atoms with Gasteiger partial charge in [-0.15, -0.1) is 0 Å². The Hall–Kier alpha value is -8.52. The first-order chi connectivity index (χ1) is 33.1. The highest BCUT2D eigenvalue weighted by atomic mass is 15.1. The lowest BCUT2D eigenvalue weighted by Gasteiger charge is -2.35. The van der Waals surface area contributed by atoms with Crippen molar-refractivity contribution >= 4 is 60.2 Å². The van der Waals surface area contributed by atoms with Gasteiger partial charge in [-0.25, -0.2) is 0 Å². The van der Waals surface area contributed by atoms with E-state index in [2.05, 4.69) is 267 Å². The molecule has 1 aliphatic rings. The van der Waals surface area contributed by atoms with Crippen LogP contribution >= 0.6 is 0 Å². The number of hydrogen-bond acceptors (Lipinski definition) is 1. The van der Waals surface area contributed by atoms with E-state index in [1.807, 2.05) is 0 Å². The van der Waals surface area contributed by atoms with Crippen molar-refractivity contribution in [2.45, 2.75) is 12.3 Å². The zero-order valence-corrected chi connectivity index (χ0v) is 37.2. The third-order valence-corrected chi connectivity index (χ3v) is 14.5. The monoisotopic (exact) mass is 851 g/mol. The zero-order chi connectivity index (χ0) is 44.5. The second kappa shape index (κ2) is 15.6. The van der Waals surface area contributed by atoms with Crippen molar-refractivity contribution in [1.82, 2.24) is 0 Å². The normalized spacial score (nSPS) is 14.1. The highest BCUT2D eigenvalue weighted by Gasteiger charge is 2.43. The summed E-state index contributed by atoms with van der Waals surface area (Å²) in [6.45, 7) is 2.42. The van der Waals surface area contributed by atoms with E-state index in [9.17, 15) is 0 Å². The van der Waals surface area contributed by atoms with E-state index < -0.39 is 5.41 Å². The van der Waals surface area contributed by atoms with Gasteiger partial charge in [0.1, 0.15) is 0 Å². The van der Waals surface area contributed by atoms with E-state index in [0.717, 1.165) is 11.4 Å². The molecule has 314 valence electrons. The number of anilines is 3. The van der Waals surface area contributed by atoms with Crippen molar-refractivity contribution in [3.8, 4) is 44.5 Å². The molecule has 0 spiro atoms. The van der Waals surface area contributed by atoms with E-state index in [1.165, 1.54) is 110 Å². The van der Waals surface area contributed by atoms with Crippen molar-refractivity contribution in [1.29, 1.82) is 0 Å². The molecular weight excluding hydrogens is 807 g/mol. The molecule has 1 atom stereocenters. The van der Waals surface area contributed by atoms with Gasteiger partial charge in [0, 0.05) is 16.5 Å². The first-order valence-corrected chi connectivity index (χ1v) is 23.3. The first kappa shape index (κ1) is 38.9. The smallest absolute Gasteiger partial charge is 0.0546 e. The van der Waals surface area contributed by atoms with E-state index in [-0.39, 0.29) is 0 Å². The fourth-order valence-corrected chi connectivity index (χ4v) is 11.4. The lowest BCUT2D eigenvalue weighted by Crippen LogP contribution is -2.25. The molecule has 0 bridgehead atoms. The summed E-state index contributed by atoms with van der Waals surface area (Å²) in [4.78, 5) is 2.54. The zero-order valence-electron chi connectivity index (χ0n) is 37.2. The van der Waals surface area contributed by atoms with Gasteiger partial charge in [-0.3, -0.25) is 0 Å². The maximum Gasteiger partial charge on any atom is 0.0546 e. The van der Waals surface area contributed by atoms with Gasteiger partial charge in [-0.1, -0.05) is 224 Å². The summed E-state index contributed by atoms with van der Waals surface area (Å²) in [6.07, 6.45) is 0. The third-order valence-electron chi connectivity index (χ3n) is 14.5. The molecule has 0 fully saturated rings. The van der Waals surface area contributed by atoms with Crippen molar-refractivity contribution in [3.05, 3.63) is 271 Å². The van der Waals surface area contributed by atoms with Crippen molar-refractivity contribution in [3.63, 3.8) is 0 Å². The molecule has 1 nitrogen and oxygen atoms in total. The lowest BCUT2D eigenvalue weighted by atomic mass is 9.73. The second-order valence-corrected chi connectivity index (χ2v) is 18.1. The second-order valence-electron chi connectivity index (χ2n) is 18.1. The van der Waals surface area contributed by atoms with Gasteiger partial charge < -0.3 is 4.90 Å². The van der Waals surface area contributed by atoms with Crippen LogP contribution < -0.4 is 4.90 Å². The fraction of sp³-hybridized carbons (Fsp3) is 0.0303.